The van der Waals surface area contributed by atoms with E-state index >= 15 is 0 Å². The highest BCUT2D eigenvalue weighted by atomic mass is 16.5. The largest absolute Gasteiger partial charge is 0.469 e. The van der Waals surface area contributed by atoms with Crippen LogP contribution in [0.2, 0.25) is 0 Å². The summed E-state index contributed by atoms with van der Waals surface area (Å²) in [7, 11) is 1.29. The van der Waals surface area contributed by atoms with Crippen LogP contribution in [0.1, 0.15) is 31.9 Å². The van der Waals surface area contributed by atoms with Gasteiger partial charge in [0.15, 0.2) is 0 Å². The molecule has 5 heteroatoms. The molecule has 1 saturated heterocycles. The van der Waals surface area contributed by atoms with Gasteiger partial charge >= 0.3 is 5.97 Å². The standard InChI is InChI=1S/C17H21NO4/c1-12(10-19)17(16(21)22-3)9-15(20)18(11-17)13(2)14-7-5-4-6-8-14/h4-8,10,12-13H,9,11H2,1-3H3/t12?,13-,17?/m0/s1. The van der Waals surface area contributed by atoms with Crippen LogP contribution >= 0.6 is 0 Å². The summed E-state index contributed by atoms with van der Waals surface area (Å²) in [5, 5.41) is 0. The van der Waals surface area contributed by atoms with Crippen LogP contribution in [-0.2, 0) is 19.1 Å². The first-order chi connectivity index (χ1) is 10.5. The van der Waals surface area contributed by atoms with E-state index in [1.54, 1.807) is 11.8 Å². The Morgan fingerprint density at radius 2 is 1.95 bits per heavy atom. The van der Waals surface area contributed by atoms with Crippen molar-refractivity contribution in [3.63, 3.8) is 0 Å². The lowest BCUT2D eigenvalue weighted by Gasteiger charge is -2.31. The number of hydrogen-bond acceptors (Lipinski definition) is 4. The second-order valence-corrected chi connectivity index (χ2v) is 5.86. The highest BCUT2D eigenvalue weighted by Crippen LogP contribution is 2.42. The second-order valence-electron chi connectivity index (χ2n) is 5.86. The van der Waals surface area contributed by atoms with Crippen molar-refractivity contribution in [2.45, 2.75) is 26.3 Å². The number of ether oxygens (including phenoxy) is 1. The summed E-state index contributed by atoms with van der Waals surface area (Å²) in [6, 6.07) is 9.47. The SMILES string of the molecule is COC(=O)C1(C(C)C=O)CC(=O)N([C@@H](C)c2ccccc2)C1. The molecule has 0 saturated carbocycles. The quantitative estimate of drug-likeness (QED) is 0.616. The Balaban J connectivity index is 2.32. The molecule has 0 N–H and O–H groups in total. The number of nitrogens with zero attached hydrogens (tertiary/aromatic N) is 1. The maximum atomic E-state index is 12.4. The average Bonchev–Trinajstić information content (AvgIpc) is 2.92. The summed E-state index contributed by atoms with van der Waals surface area (Å²) in [6.45, 7) is 3.79. The maximum Gasteiger partial charge on any atom is 0.314 e. The lowest BCUT2D eigenvalue weighted by molar-refractivity contribution is -0.156. The van der Waals surface area contributed by atoms with Crippen LogP contribution in [0.25, 0.3) is 0 Å². The maximum absolute atomic E-state index is 12.4. The van der Waals surface area contributed by atoms with Crippen LogP contribution in [0.5, 0.6) is 0 Å². The zero-order valence-corrected chi connectivity index (χ0v) is 13.1. The minimum absolute atomic E-state index is 0.0107. The van der Waals surface area contributed by atoms with Gasteiger partial charge in [-0.1, -0.05) is 37.3 Å². The third-order valence-corrected chi connectivity index (χ3v) is 4.66. The minimum atomic E-state index is -1.09. The number of amides is 1. The summed E-state index contributed by atoms with van der Waals surface area (Å²) in [4.78, 5) is 37.6. The molecule has 1 aliphatic rings. The zero-order valence-electron chi connectivity index (χ0n) is 13.1. The zero-order chi connectivity index (χ0) is 16.3. The molecule has 0 bridgehead atoms. The lowest BCUT2D eigenvalue weighted by atomic mass is 9.76. The van der Waals surface area contributed by atoms with Gasteiger partial charge in [-0.2, -0.15) is 0 Å². The van der Waals surface area contributed by atoms with Gasteiger partial charge in [-0.25, -0.2) is 0 Å². The first-order valence-electron chi connectivity index (χ1n) is 7.34. The summed E-state index contributed by atoms with van der Waals surface area (Å²) >= 11 is 0. The molecule has 1 aromatic rings. The van der Waals surface area contributed by atoms with Gasteiger partial charge in [-0.15, -0.1) is 0 Å². The minimum Gasteiger partial charge on any atom is -0.469 e. The van der Waals surface area contributed by atoms with Gasteiger partial charge in [0.1, 0.15) is 11.7 Å². The number of carbonyl (C=O) groups is 3. The molecule has 2 unspecified atom stereocenters. The van der Waals surface area contributed by atoms with Gasteiger partial charge in [0, 0.05) is 18.9 Å². The van der Waals surface area contributed by atoms with Gasteiger partial charge in [-0.3, -0.25) is 9.59 Å². The Bertz CT molecular complexity index is 571. The number of hydrogen-bond donors (Lipinski definition) is 0. The fourth-order valence-corrected chi connectivity index (χ4v) is 3.04. The van der Waals surface area contributed by atoms with Crippen molar-refractivity contribution >= 4 is 18.2 Å². The van der Waals surface area contributed by atoms with Crippen molar-refractivity contribution in [1.29, 1.82) is 0 Å². The monoisotopic (exact) mass is 303 g/mol. The van der Waals surface area contributed by atoms with Crippen molar-refractivity contribution in [3.05, 3.63) is 35.9 Å². The molecule has 118 valence electrons. The Hall–Kier alpha value is -2.17. The predicted molar refractivity (Wildman–Crippen MR) is 80.9 cm³/mol. The molecule has 0 spiro atoms. The van der Waals surface area contributed by atoms with Gasteiger partial charge < -0.3 is 14.4 Å². The van der Waals surface area contributed by atoms with Crippen molar-refractivity contribution in [3.8, 4) is 0 Å². The van der Waals surface area contributed by atoms with E-state index in [2.05, 4.69) is 0 Å². The van der Waals surface area contributed by atoms with E-state index < -0.39 is 17.3 Å². The van der Waals surface area contributed by atoms with E-state index in [1.165, 1.54) is 7.11 Å². The normalized spacial score (nSPS) is 24.0. The van der Waals surface area contributed by atoms with E-state index in [-0.39, 0.29) is 24.9 Å². The van der Waals surface area contributed by atoms with Crippen LogP contribution in [0.3, 0.4) is 0 Å². The highest BCUT2D eigenvalue weighted by Gasteiger charge is 2.54. The van der Waals surface area contributed by atoms with Crippen LogP contribution in [0, 0.1) is 11.3 Å². The van der Waals surface area contributed by atoms with Crippen LogP contribution < -0.4 is 0 Å². The third-order valence-electron chi connectivity index (χ3n) is 4.66. The number of likely N-dealkylation sites (tertiary alicyclic amines) is 1. The number of benzene rings is 1. The molecule has 5 nitrogen and oxygen atoms in total. The molecule has 22 heavy (non-hydrogen) atoms. The van der Waals surface area contributed by atoms with Crippen LogP contribution in [0.15, 0.2) is 30.3 Å². The van der Waals surface area contributed by atoms with E-state index in [1.807, 2.05) is 37.3 Å². The summed E-state index contributed by atoms with van der Waals surface area (Å²) in [5.41, 5.74) is -0.0911. The van der Waals surface area contributed by atoms with Crippen LogP contribution in [-0.4, -0.2) is 36.7 Å². The molecule has 1 heterocycles. The van der Waals surface area contributed by atoms with Gasteiger partial charge in [0.25, 0.3) is 0 Å². The van der Waals surface area contributed by atoms with Crippen molar-refractivity contribution in [2.24, 2.45) is 11.3 Å². The third kappa shape index (κ3) is 2.63. The second kappa shape index (κ2) is 6.30. The first-order valence-corrected chi connectivity index (χ1v) is 7.34. The van der Waals surface area contributed by atoms with E-state index in [0.717, 1.165) is 11.8 Å². The van der Waals surface area contributed by atoms with Crippen LogP contribution in [0.4, 0.5) is 0 Å². The Morgan fingerprint density at radius 1 is 1.32 bits per heavy atom. The molecule has 0 radical (unpaired) electrons. The summed E-state index contributed by atoms with van der Waals surface area (Å²) in [5.74, 6) is -1.20. The summed E-state index contributed by atoms with van der Waals surface area (Å²) < 4.78 is 4.87. The number of rotatable bonds is 5. The molecule has 1 fully saturated rings. The van der Waals surface area contributed by atoms with Gasteiger partial charge in [0.05, 0.1) is 13.2 Å². The smallest absolute Gasteiger partial charge is 0.314 e. The number of aldehydes is 1. The average molecular weight is 303 g/mol. The molecule has 2 rings (SSSR count). The molecule has 1 aromatic carbocycles. The molecule has 1 aliphatic heterocycles. The Kier molecular flexibility index (Phi) is 4.64. The molecule has 1 amide bonds. The Labute approximate surface area is 130 Å². The highest BCUT2D eigenvalue weighted by molar-refractivity contribution is 5.92. The fraction of sp³-hybridized carbons (Fsp3) is 0.471. The summed E-state index contributed by atoms with van der Waals surface area (Å²) in [6.07, 6.45) is 0.734. The molecular weight excluding hydrogens is 282 g/mol. The Morgan fingerprint density at radius 3 is 2.50 bits per heavy atom. The van der Waals surface area contributed by atoms with E-state index in [0.29, 0.717) is 0 Å². The van der Waals surface area contributed by atoms with E-state index in [4.69, 9.17) is 4.74 Å². The van der Waals surface area contributed by atoms with Crippen molar-refractivity contribution in [2.75, 3.05) is 13.7 Å². The number of esters is 1. The van der Waals surface area contributed by atoms with Gasteiger partial charge in [-0.05, 0) is 12.5 Å². The molecular formula is C17H21NO4. The lowest BCUT2D eigenvalue weighted by Crippen LogP contribution is -2.42. The number of carbonyl (C=O) groups excluding carboxylic acids is 3. The fourth-order valence-electron chi connectivity index (χ4n) is 3.04. The number of methoxy groups -OCH3 is 1. The molecule has 0 aromatic heterocycles. The van der Waals surface area contributed by atoms with Gasteiger partial charge in [0.2, 0.25) is 5.91 Å². The van der Waals surface area contributed by atoms with Crippen molar-refractivity contribution < 1.29 is 19.1 Å². The van der Waals surface area contributed by atoms with E-state index in [9.17, 15) is 14.4 Å². The first kappa shape index (κ1) is 16.2. The molecule has 0 aliphatic carbocycles. The van der Waals surface area contributed by atoms with Crippen molar-refractivity contribution in [1.82, 2.24) is 4.90 Å². The molecule has 3 atom stereocenters. The predicted octanol–water partition coefficient (Wildman–Crippen LogP) is 1.97. The topological polar surface area (TPSA) is 63.7 Å².